The van der Waals surface area contributed by atoms with Crippen LogP contribution in [-0.2, 0) is 6.42 Å². The first-order valence-corrected chi connectivity index (χ1v) is 5.81. The summed E-state index contributed by atoms with van der Waals surface area (Å²) in [5, 5.41) is 1.20. The van der Waals surface area contributed by atoms with Gasteiger partial charge in [-0.2, -0.15) is 0 Å². The van der Waals surface area contributed by atoms with E-state index in [1.54, 1.807) is 0 Å². The third kappa shape index (κ3) is 2.39. The van der Waals surface area contributed by atoms with Gasteiger partial charge in [0.15, 0.2) is 0 Å². The molecule has 0 aliphatic heterocycles. The average molecular weight is 214 g/mol. The zero-order valence-corrected chi connectivity index (χ0v) is 9.90. The van der Waals surface area contributed by atoms with Crippen LogP contribution in [0.4, 0.5) is 0 Å². The predicted molar refractivity (Wildman–Crippen MR) is 68.5 cm³/mol. The highest BCUT2D eigenvalue weighted by Gasteiger charge is 2.03. The van der Waals surface area contributed by atoms with Crippen LogP contribution >= 0.6 is 0 Å². The fourth-order valence-electron chi connectivity index (χ4n) is 1.85. The highest BCUT2D eigenvalue weighted by molar-refractivity contribution is 5.79. The monoisotopic (exact) mass is 214 g/mol. The van der Waals surface area contributed by atoms with Crippen LogP contribution in [0.25, 0.3) is 10.9 Å². The van der Waals surface area contributed by atoms with Gasteiger partial charge >= 0.3 is 0 Å². The number of pyridine rings is 1. The van der Waals surface area contributed by atoms with Crippen molar-refractivity contribution in [2.24, 2.45) is 5.73 Å². The number of hydrogen-bond donors (Lipinski definition) is 1. The molecule has 0 amide bonds. The van der Waals surface area contributed by atoms with E-state index in [4.69, 9.17) is 5.73 Å². The van der Waals surface area contributed by atoms with Gasteiger partial charge in [-0.05, 0) is 43.5 Å². The Kier molecular flexibility index (Phi) is 3.20. The normalized spacial score (nSPS) is 12.9. The summed E-state index contributed by atoms with van der Waals surface area (Å²) < 4.78 is 0. The molecule has 0 fully saturated rings. The lowest BCUT2D eigenvalue weighted by Crippen LogP contribution is -2.21. The molecule has 2 rings (SSSR count). The number of rotatable bonds is 3. The molecule has 1 aromatic carbocycles. The molecule has 1 unspecified atom stereocenters. The highest BCUT2D eigenvalue weighted by Crippen LogP contribution is 2.16. The topological polar surface area (TPSA) is 38.9 Å². The molecule has 2 aromatic rings. The van der Waals surface area contributed by atoms with Crippen LogP contribution in [0, 0.1) is 6.92 Å². The minimum atomic E-state index is 0.260. The second kappa shape index (κ2) is 4.62. The molecule has 2 heteroatoms. The Bertz CT molecular complexity index is 491. The number of hydrogen-bond acceptors (Lipinski definition) is 2. The Labute approximate surface area is 96.5 Å². The molecule has 0 aliphatic rings. The van der Waals surface area contributed by atoms with Crippen LogP contribution in [0.2, 0.25) is 0 Å². The molecule has 0 bridgehead atoms. The van der Waals surface area contributed by atoms with Gasteiger partial charge in [0.05, 0.1) is 5.52 Å². The SMILES string of the molecule is CCC(N)Cc1ccc2nc(C)ccc2c1. The lowest BCUT2D eigenvalue weighted by molar-refractivity contribution is 0.647. The highest BCUT2D eigenvalue weighted by atomic mass is 14.7. The summed E-state index contributed by atoms with van der Waals surface area (Å²) in [7, 11) is 0. The van der Waals surface area contributed by atoms with Gasteiger partial charge in [-0.15, -0.1) is 0 Å². The number of aromatic nitrogens is 1. The van der Waals surface area contributed by atoms with E-state index >= 15 is 0 Å². The van der Waals surface area contributed by atoms with Crippen molar-refractivity contribution in [1.29, 1.82) is 0 Å². The van der Waals surface area contributed by atoms with Gasteiger partial charge in [-0.1, -0.05) is 19.1 Å². The zero-order chi connectivity index (χ0) is 11.5. The van der Waals surface area contributed by atoms with Crippen LogP contribution in [-0.4, -0.2) is 11.0 Å². The van der Waals surface area contributed by atoms with Gasteiger partial charge < -0.3 is 5.73 Å². The first kappa shape index (κ1) is 11.1. The molecule has 2 nitrogen and oxygen atoms in total. The Morgan fingerprint density at radius 2 is 2.06 bits per heavy atom. The van der Waals surface area contributed by atoms with Crippen molar-refractivity contribution in [2.75, 3.05) is 0 Å². The van der Waals surface area contributed by atoms with Crippen LogP contribution in [0.5, 0.6) is 0 Å². The third-order valence-corrected chi connectivity index (χ3v) is 2.92. The molecule has 0 saturated carbocycles. The maximum Gasteiger partial charge on any atom is 0.0705 e. The molecule has 16 heavy (non-hydrogen) atoms. The molecular formula is C14H18N2. The van der Waals surface area contributed by atoms with Gasteiger partial charge in [0.2, 0.25) is 0 Å². The van der Waals surface area contributed by atoms with E-state index in [0.29, 0.717) is 0 Å². The molecule has 0 spiro atoms. The van der Waals surface area contributed by atoms with Gasteiger partial charge in [-0.25, -0.2) is 0 Å². The van der Waals surface area contributed by atoms with E-state index in [0.717, 1.165) is 24.1 Å². The molecule has 0 saturated heterocycles. The molecule has 1 heterocycles. The number of nitrogens with zero attached hydrogens (tertiary/aromatic N) is 1. The van der Waals surface area contributed by atoms with E-state index < -0.39 is 0 Å². The summed E-state index contributed by atoms with van der Waals surface area (Å²) in [5.74, 6) is 0. The maximum atomic E-state index is 5.96. The fraction of sp³-hybridized carbons (Fsp3) is 0.357. The largest absolute Gasteiger partial charge is 0.327 e. The van der Waals surface area contributed by atoms with Gasteiger partial charge in [0, 0.05) is 17.1 Å². The van der Waals surface area contributed by atoms with Crippen LogP contribution in [0.3, 0.4) is 0 Å². The zero-order valence-electron chi connectivity index (χ0n) is 9.90. The van der Waals surface area contributed by atoms with Crippen molar-refractivity contribution in [3.8, 4) is 0 Å². The van der Waals surface area contributed by atoms with E-state index in [1.807, 2.05) is 13.0 Å². The van der Waals surface area contributed by atoms with Crippen molar-refractivity contribution in [3.05, 3.63) is 41.6 Å². The number of fused-ring (bicyclic) bond motifs is 1. The first-order chi connectivity index (χ1) is 7.69. The summed E-state index contributed by atoms with van der Waals surface area (Å²) in [6.07, 6.45) is 1.96. The molecule has 2 N–H and O–H groups in total. The predicted octanol–water partition coefficient (Wildman–Crippen LogP) is 2.82. The molecule has 1 aromatic heterocycles. The summed E-state index contributed by atoms with van der Waals surface area (Å²) in [5.41, 5.74) is 9.38. The van der Waals surface area contributed by atoms with E-state index in [-0.39, 0.29) is 6.04 Å². The molecule has 0 aliphatic carbocycles. The van der Waals surface area contributed by atoms with Crippen LogP contribution < -0.4 is 5.73 Å². The van der Waals surface area contributed by atoms with Gasteiger partial charge in [-0.3, -0.25) is 4.98 Å². The van der Waals surface area contributed by atoms with Crippen molar-refractivity contribution < 1.29 is 0 Å². The average Bonchev–Trinajstić information content (AvgIpc) is 2.29. The lowest BCUT2D eigenvalue weighted by atomic mass is 10.0. The Morgan fingerprint density at radius 1 is 1.25 bits per heavy atom. The van der Waals surface area contributed by atoms with Crippen LogP contribution in [0.1, 0.15) is 24.6 Å². The fourth-order valence-corrected chi connectivity index (χ4v) is 1.85. The second-order valence-electron chi connectivity index (χ2n) is 4.35. The molecular weight excluding hydrogens is 196 g/mol. The summed E-state index contributed by atoms with van der Waals surface area (Å²) >= 11 is 0. The Hall–Kier alpha value is -1.41. The minimum Gasteiger partial charge on any atom is -0.327 e. The summed E-state index contributed by atoms with van der Waals surface area (Å²) in [6, 6.07) is 10.8. The molecule has 0 radical (unpaired) electrons. The Balaban J connectivity index is 2.33. The van der Waals surface area contributed by atoms with Gasteiger partial charge in [0.25, 0.3) is 0 Å². The molecule has 84 valence electrons. The van der Waals surface area contributed by atoms with Crippen molar-refractivity contribution in [2.45, 2.75) is 32.7 Å². The molecule has 1 atom stereocenters. The quantitative estimate of drug-likeness (QED) is 0.853. The smallest absolute Gasteiger partial charge is 0.0705 e. The van der Waals surface area contributed by atoms with Crippen molar-refractivity contribution >= 4 is 10.9 Å². The third-order valence-electron chi connectivity index (χ3n) is 2.92. The van der Waals surface area contributed by atoms with Gasteiger partial charge in [0.1, 0.15) is 0 Å². The minimum absolute atomic E-state index is 0.260. The van der Waals surface area contributed by atoms with E-state index in [2.05, 4.69) is 36.2 Å². The number of aryl methyl sites for hydroxylation is 1. The number of nitrogens with two attached hydrogens (primary N) is 1. The summed E-state index contributed by atoms with van der Waals surface area (Å²) in [6.45, 7) is 4.14. The van der Waals surface area contributed by atoms with E-state index in [9.17, 15) is 0 Å². The van der Waals surface area contributed by atoms with Crippen LogP contribution in [0.15, 0.2) is 30.3 Å². The lowest BCUT2D eigenvalue weighted by Gasteiger charge is -2.09. The second-order valence-corrected chi connectivity index (χ2v) is 4.35. The van der Waals surface area contributed by atoms with E-state index in [1.165, 1.54) is 10.9 Å². The van der Waals surface area contributed by atoms with Crippen molar-refractivity contribution in [1.82, 2.24) is 4.98 Å². The van der Waals surface area contributed by atoms with Crippen molar-refractivity contribution in [3.63, 3.8) is 0 Å². The Morgan fingerprint density at radius 3 is 2.81 bits per heavy atom. The first-order valence-electron chi connectivity index (χ1n) is 5.81. The maximum absolute atomic E-state index is 5.96. The summed E-state index contributed by atoms with van der Waals surface area (Å²) in [4.78, 5) is 4.48. The number of benzene rings is 1. The standard InChI is InChI=1S/C14H18N2/c1-3-13(15)9-11-5-7-14-12(8-11)6-4-10(2)16-14/h4-8,13H,3,9,15H2,1-2H3.